The number of nitrogens with one attached hydrogen (secondary N) is 2. The Balaban J connectivity index is 1.99. The molecule has 0 unspecified atom stereocenters. The van der Waals surface area contributed by atoms with E-state index < -0.39 is 0 Å². The molecule has 2 N–H and O–H groups in total. The Bertz CT molecular complexity index is 816. The molecule has 0 spiro atoms. The zero-order valence-electron chi connectivity index (χ0n) is 17.0. The summed E-state index contributed by atoms with van der Waals surface area (Å²) < 4.78 is 11.2. The van der Waals surface area contributed by atoms with Gasteiger partial charge in [0.1, 0.15) is 0 Å². The first kappa shape index (κ1) is 21.3. The van der Waals surface area contributed by atoms with E-state index in [4.69, 9.17) is 9.47 Å². The second-order valence-corrected chi connectivity index (χ2v) is 7.07. The number of rotatable bonds is 8. The molecule has 2 aromatic rings. The van der Waals surface area contributed by atoms with E-state index in [1.165, 1.54) is 6.92 Å². The molecule has 0 saturated carbocycles. The molecule has 2 rings (SSSR count). The number of methoxy groups -OCH3 is 1. The van der Waals surface area contributed by atoms with Gasteiger partial charge < -0.3 is 20.1 Å². The van der Waals surface area contributed by atoms with Crippen molar-refractivity contribution in [2.75, 3.05) is 19.0 Å². The van der Waals surface area contributed by atoms with E-state index in [1.807, 2.05) is 25.1 Å². The summed E-state index contributed by atoms with van der Waals surface area (Å²) in [7, 11) is 1.59. The lowest BCUT2D eigenvalue weighted by atomic mass is 10.1. The third kappa shape index (κ3) is 6.01. The zero-order chi connectivity index (χ0) is 20.7. The summed E-state index contributed by atoms with van der Waals surface area (Å²) in [5, 5.41) is 5.65. The van der Waals surface area contributed by atoms with Gasteiger partial charge in [-0.05, 0) is 61.7 Å². The van der Waals surface area contributed by atoms with Crippen molar-refractivity contribution in [1.82, 2.24) is 5.32 Å². The number of carbonyl (C=O) groups is 2. The monoisotopic (exact) mass is 384 g/mol. The van der Waals surface area contributed by atoms with Crippen LogP contribution in [-0.2, 0) is 0 Å². The molecular formula is C22H28N2O4. The number of urea groups is 1. The lowest BCUT2D eigenvalue weighted by Gasteiger charge is -2.18. The highest BCUT2D eigenvalue weighted by atomic mass is 16.5. The minimum Gasteiger partial charge on any atom is -0.493 e. The second kappa shape index (κ2) is 9.78. The van der Waals surface area contributed by atoms with E-state index >= 15 is 0 Å². The van der Waals surface area contributed by atoms with E-state index in [9.17, 15) is 9.59 Å². The van der Waals surface area contributed by atoms with Gasteiger partial charge in [0.15, 0.2) is 17.3 Å². The molecule has 0 fully saturated rings. The van der Waals surface area contributed by atoms with Crippen LogP contribution >= 0.6 is 0 Å². The maximum Gasteiger partial charge on any atom is 0.319 e. The Hall–Kier alpha value is -3.02. The summed E-state index contributed by atoms with van der Waals surface area (Å²) in [5.74, 6) is 1.71. The zero-order valence-corrected chi connectivity index (χ0v) is 17.0. The van der Waals surface area contributed by atoms with Gasteiger partial charge in [-0.2, -0.15) is 0 Å². The molecule has 6 nitrogen and oxygen atoms in total. The van der Waals surface area contributed by atoms with Crippen molar-refractivity contribution in [3.8, 4) is 11.5 Å². The molecule has 0 aliphatic rings. The maximum atomic E-state index is 12.3. The molecule has 0 aliphatic heterocycles. The van der Waals surface area contributed by atoms with Crippen molar-refractivity contribution in [1.29, 1.82) is 0 Å². The van der Waals surface area contributed by atoms with Crippen LogP contribution in [0.3, 0.4) is 0 Å². The number of anilines is 1. The molecule has 1 atom stereocenters. The summed E-state index contributed by atoms with van der Waals surface area (Å²) in [6.07, 6.45) is 0. The van der Waals surface area contributed by atoms with Crippen LogP contribution in [0.2, 0.25) is 0 Å². The lowest BCUT2D eigenvalue weighted by molar-refractivity contribution is 0.101. The van der Waals surface area contributed by atoms with Crippen molar-refractivity contribution < 1.29 is 19.1 Å². The Labute approximate surface area is 166 Å². The van der Waals surface area contributed by atoms with Crippen LogP contribution < -0.4 is 20.1 Å². The maximum absolute atomic E-state index is 12.3. The van der Waals surface area contributed by atoms with Crippen molar-refractivity contribution in [2.45, 2.75) is 33.7 Å². The molecule has 0 bridgehead atoms. The summed E-state index contributed by atoms with van der Waals surface area (Å²) in [5.41, 5.74) is 2.12. The molecule has 150 valence electrons. The molecule has 2 amide bonds. The Morgan fingerprint density at radius 1 is 1.00 bits per heavy atom. The lowest BCUT2D eigenvalue weighted by Crippen LogP contribution is -2.31. The van der Waals surface area contributed by atoms with Gasteiger partial charge in [-0.1, -0.05) is 19.9 Å². The Kier molecular flexibility index (Phi) is 7.44. The number of amides is 2. The molecule has 28 heavy (non-hydrogen) atoms. The molecule has 0 radical (unpaired) electrons. The summed E-state index contributed by atoms with van der Waals surface area (Å²) in [4.78, 5) is 23.6. The Morgan fingerprint density at radius 2 is 1.68 bits per heavy atom. The van der Waals surface area contributed by atoms with Crippen molar-refractivity contribution in [3.63, 3.8) is 0 Å². The van der Waals surface area contributed by atoms with Gasteiger partial charge in [0.05, 0.1) is 19.8 Å². The van der Waals surface area contributed by atoms with Gasteiger partial charge in [0, 0.05) is 11.3 Å². The van der Waals surface area contributed by atoms with Crippen LogP contribution in [0.15, 0.2) is 42.5 Å². The standard InChI is InChI=1S/C22H28N2O4/c1-14(2)13-28-20-11-8-18(12-21(20)27-5)15(3)23-22(26)24-19-9-6-17(7-10-19)16(4)25/h6-12,14-15H,13H2,1-5H3,(H2,23,24,26)/t15-/m1/s1. The van der Waals surface area contributed by atoms with Gasteiger partial charge in [-0.3, -0.25) is 4.79 Å². The van der Waals surface area contributed by atoms with E-state index in [1.54, 1.807) is 31.4 Å². The van der Waals surface area contributed by atoms with Gasteiger partial charge >= 0.3 is 6.03 Å². The second-order valence-electron chi connectivity index (χ2n) is 7.07. The fraction of sp³-hybridized carbons (Fsp3) is 0.364. The fourth-order valence-electron chi connectivity index (χ4n) is 2.56. The summed E-state index contributed by atoms with van der Waals surface area (Å²) in [6, 6.07) is 11.8. The van der Waals surface area contributed by atoms with Crippen LogP contribution in [0.25, 0.3) is 0 Å². The summed E-state index contributed by atoms with van der Waals surface area (Å²) >= 11 is 0. The first-order valence-corrected chi connectivity index (χ1v) is 9.29. The number of carbonyl (C=O) groups excluding carboxylic acids is 2. The fourth-order valence-corrected chi connectivity index (χ4v) is 2.56. The molecule has 0 heterocycles. The minimum atomic E-state index is -0.331. The number of hydrogen-bond donors (Lipinski definition) is 2. The normalized spacial score (nSPS) is 11.6. The van der Waals surface area contributed by atoms with Crippen LogP contribution in [0.4, 0.5) is 10.5 Å². The van der Waals surface area contributed by atoms with E-state index in [-0.39, 0.29) is 17.9 Å². The highest BCUT2D eigenvalue weighted by Gasteiger charge is 2.14. The van der Waals surface area contributed by atoms with Crippen LogP contribution in [0.5, 0.6) is 11.5 Å². The number of ether oxygens (including phenoxy) is 2. The predicted octanol–water partition coefficient (Wildman–Crippen LogP) is 4.82. The molecular weight excluding hydrogens is 356 g/mol. The summed E-state index contributed by atoms with van der Waals surface area (Å²) in [6.45, 7) is 8.17. The van der Waals surface area contributed by atoms with E-state index in [0.29, 0.717) is 35.3 Å². The number of ketones is 1. The average molecular weight is 384 g/mol. The molecule has 0 aromatic heterocycles. The van der Waals surface area contributed by atoms with Crippen molar-refractivity contribution >= 4 is 17.5 Å². The molecule has 6 heteroatoms. The number of Topliss-reactive ketones (excluding diaryl/α,β-unsaturated/α-hetero) is 1. The number of hydrogen-bond acceptors (Lipinski definition) is 4. The third-order valence-corrected chi connectivity index (χ3v) is 4.16. The molecule has 0 saturated heterocycles. The largest absolute Gasteiger partial charge is 0.493 e. The van der Waals surface area contributed by atoms with Crippen molar-refractivity contribution in [3.05, 3.63) is 53.6 Å². The third-order valence-electron chi connectivity index (χ3n) is 4.16. The van der Waals surface area contributed by atoms with Crippen LogP contribution in [-0.4, -0.2) is 25.5 Å². The van der Waals surface area contributed by atoms with Crippen LogP contribution in [0, 0.1) is 5.92 Å². The van der Waals surface area contributed by atoms with Gasteiger partial charge in [0.2, 0.25) is 0 Å². The predicted molar refractivity (Wildman–Crippen MR) is 110 cm³/mol. The highest BCUT2D eigenvalue weighted by molar-refractivity contribution is 5.95. The minimum absolute atomic E-state index is 0.0145. The van der Waals surface area contributed by atoms with Gasteiger partial charge in [-0.25, -0.2) is 4.79 Å². The smallest absolute Gasteiger partial charge is 0.319 e. The quantitative estimate of drug-likeness (QED) is 0.640. The Morgan fingerprint density at radius 3 is 2.25 bits per heavy atom. The van der Waals surface area contributed by atoms with Crippen molar-refractivity contribution in [2.24, 2.45) is 5.92 Å². The first-order valence-electron chi connectivity index (χ1n) is 9.29. The highest BCUT2D eigenvalue weighted by Crippen LogP contribution is 2.30. The molecule has 0 aliphatic carbocycles. The van der Waals surface area contributed by atoms with Gasteiger partial charge in [0.25, 0.3) is 0 Å². The topological polar surface area (TPSA) is 76.7 Å². The van der Waals surface area contributed by atoms with E-state index in [0.717, 1.165) is 5.56 Å². The molecule has 2 aromatic carbocycles. The van der Waals surface area contributed by atoms with Crippen LogP contribution in [0.1, 0.15) is 49.7 Å². The average Bonchev–Trinajstić information content (AvgIpc) is 2.66. The van der Waals surface area contributed by atoms with Gasteiger partial charge in [-0.15, -0.1) is 0 Å². The first-order chi connectivity index (χ1) is 13.3. The van der Waals surface area contributed by atoms with E-state index in [2.05, 4.69) is 24.5 Å². The number of benzene rings is 2. The SMILES string of the molecule is COc1cc([C@@H](C)NC(=O)Nc2ccc(C(C)=O)cc2)ccc1OCC(C)C.